The largest absolute Gasteiger partial charge is 0.492 e. The first-order valence-corrected chi connectivity index (χ1v) is 7.31. The van der Waals surface area contributed by atoms with E-state index in [1.165, 1.54) is 19.4 Å². The predicted molar refractivity (Wildman–Crippen MR) is 78.8 cm³/mol. The maximum absolute atomic E-state index is 5.81. The minimum Gasteiger partial charge on any atom is -0.492 e. The minimum atomic E-state index is 0.689. The summed E-state index contributed by atoms with van der Waals surface area (Å²) in [5, 5.41) is 3.32. The lowest BCUT2D eigenvalue weighted by atomic mass is 10.1. The molecule has 0 amide bonds. The molecular weight excluding hydrogens is 238 g/mol. The van der Waals surface area contributed by atoms with Crippen LogP contribution in [0.25, 0.3) is 0 Å². The van der Waals surface area contributed by atoms with Gasteiger partial charge in [0.2, 0.25) is 0 Å². The van der Waals surface area contributed by atoms with E-state index in [0.29, 0.717) is 6.04 Å². The molecule has 1 unspecified atom stereocenters. The van der Waals surface area contributed by atoms with Crippen molar-refractivity contribution in [3.05, 3.63) is 18.5 Å². The molecule has 1 saturated heterocycles. The van der Waals surface area contributed by atoms with Crippen molar-refractivity contribution in [3.8, 4) is 5.75 Å². The quantitative estimate of drug-likeness (QED) is 0.821. The van der Waals surface area contributed by atoms with Crippen LogP contribution in [0.2, 0.25) is 0 Å². The fourth-order valence-electron chi connectivity index (χ4n) is 2.52. The molecule has 1 aliphatic rings. The number of aromatic nitrogens is 1. The normalized spacial score (nSPS) is 19.6. The Morgan fingerprint density at radius 2 is 2.37 bits per heavy atom. The Bertz CT molecular complexity index is 383. The Balaban J connectivity index is 1.75. The average molecular weight is 263 g/mol. The number of likely N-dealkylation sites (tertiary alicyclic amines) is 1. The summed E-state index contributed by atoms with van der Waals surface area (Å²) in [6, 6.07) is 2.72. The van der Waals surface area contributed by atoms with Gasteiger partial charge in [-0.25, -0.2) is 0 Å². The summed E-state index contributed by atoms with van der Waals surface area (Å²) in [5.74, 6) is 0.863. The van der Waals surface area contributed by atoms with Crippen molar-refractivity contribution in [1.29, 1.82) is 0 Å². The number of ether oxygens (including phenoxy) is 1. The number of hydrogen-bond donors (Lipinski definition) is 1. The molecule has 2 rings (SSSR count). The molecule has 1 fully saturated rings. The summed E-state index contributed by atoms with van der Waals surface area (Å²) >= 11 is 0. The number of nitrogens with one attached hydrogen (secondary N) is 1. The molecule has 106 valence electrons. The van der Waals surface area contributed by atoms with Crippen molar-refractivity contribution in [2.75, 3.05) is 32.1 Å². The van der Waals surface area contributed by atoms with Crippen LogP contribution in [0, 0.1) is 0 Å². The van der Waals surface area contributed by atoms with Crippen molar-refractivity contribution >= 4 is 5.69 Å². The first-order chi connectivity index (χ1) is 9.29. The van der Waals surface area contributed by atoms with E-state index in [4.69, 9.17) is 4.74 Å². The highest BCUT2D eigenvalue weighted by atomic mass is 16.5. The van der Waals surface area contributed by atoms with Crippen molar-refractivity contribution in [3.63, 3.8) is 0 Å². The van der Waals surface area contributed by atoms with E-state index >= 15 is 0 Å². The Labute approximate surface area is 116 Å². The Hall–Kier alpha value is -1.29. The third-order valence-corrected chi connectivity index (χ3v) is 3.68. The number of rotatable bonds is 7. The molecule has 0 aromatic carbocycles. The summed E-state index contributed by atoms with van der Waals surface area (Å²) in [6.07, 6.45) is 8.46. The van der Waals surface area contributed by atoms with E-state index in [0.717, 1.165) is 37.4 Å². The Morgan fingerprint density at radius 1 is 1.47 bits per heavy atom. The SMILES string of the molecule is CCCNc1cncc(OCCC2CCCN2C)c1. The smallest absolute Gasteiger partial charge is 0.139 e. The molecule has 0 bridgehead atoms. The van der Waals surface area contributed by atoms with Crippen LogP contribution in [0.5, 0.6) is 5.75 Å². The van der Waals surface area contributed by atoms with E-state index in [2.05, 4.69) is 29.2 Å². The van der Waals surface area contributed by atoms with Gasteiger partial charge in [0.25, 0.3) is 0 Å². The highest BCUT2D eigenvalue weighted by molar-refractivity contribution is 5.44. The van der Waals surface area contributed by atoms with Gasteiger partial charge in [0.1, 0.15) is 5.75 Å². The molecule has 0 saturated carbocycles. The zero-order valence-corrected chi connectivity index (χ0v) is 12.1. The lowest BCUT2D eigenvalue weighted by Crippen LogP contribution is -2.26. The average Bonchev–Trinajstić information content (AvgIpc) is 2.83. The van der Waals surface area contributed by atoms with Gasteiger partial charge in [0, 0.05) is 18.7 Å². The van der Waals surface area contributed by atoms with Crippen LogP contribution in [0.3, 0.4) is 0 Å². The molecule has 0 aliphatic carbocycles. The van der Waals surface area contributed by atoms with E-state index in [9.17, 15) is 0 Å². The molecule has 0 spiro atoms. The van der Waals surface area contributed by atoms with Gasteiger partial charge in [-0.15, -0.1) is 0 Å². The van der Waals surface area contributed by atoms with Gasteiger partial charge < -0.3 is 15.0 Å². The molecule has 4 nitrogen and oxygen atoms in total. The second-order valence-corrected chi connectivity index (χ2v) is 5.25. The van der Waals surface area contributed by atoms with Gasteiger partial charge in [0.05, 0.1) is 24.7 Å². The predicted octanol–water partition coefficient (Wildman–Crippen LogP) is 2.77. The zero-order valence-electron chi connectivity index (χ0n) is 12.1. The van der Waals surface area contributed by atoms with E-state index < -0.39 is 0 Å². The number of pyridine rings is 1. The zero-order chi connectivity index (χ0) is 13.5. The van der Waals surface area contributed by atoms with Crippen molar-refractivity contribution in [1.82, 2.24) is 9.88 Å². The molecule has 2 heterocycles. The molecule has 1 aromatic rings. The lowest BCUT2D eigenvalue weighted by molar-refractivity contribution is 0.233. The molecule has 1 N–H and O–H groups in total. The summed E-state index contributed by atoms with van der Waals surface area (Å²) < 4.78 is 5.81. The molecule has 4 heteroatoms. The lowest BCUT2D eigenvalue weighted by Gasteiger charge is -2.19. The van der Waals surface area contributed by atoms with Crippen LogP contribution in [-0.4, -0.2) is 42.7 Å². The first kappa shape index (κ1) is 14.1. The van der Waals surface area contributed by atoms with Crippen LogP contribution in [0.4, 0.5) is 5.69 Å². The molecule has 1 atom stereocenters. The van der Waals surface area contributed by atoms with Gasteiger partial charge >= 0.3 is 0 Å². The molecule has 0 radical (unpaired) electrons. The summed E-state index contributed by atoms with van der Waals surface area (Å²) in [7, 11) is 2.20. The highest BCUT2D eigenvalue weighted by Crippen LogP contribution is 2.19. The third kappa shape index (κ3) is 4.39. The van der Waals surface area contributed by atoms with Crippen molar-refractivity contribution in [2.24, 2.45) is 0 Å². The van der Waals surface area contributed by atoms with E-state index in [-0.39, 0.29) is 0 Å². The minimum absolute atomic E-state index is 0.689. The van der Waals surface area contributed by atoms with Crippen molar-refractivity contribution < 1.29 is 4.74 Å². The van der Waals surface area contributed by atoms with Crippen LogP contribution in [0.1, 0.15) is 32.6 Å². The van der Waals surface area contributed by atoms with E-state index in [1.54, 1.807) is 6.20 Å². The van der Waals surface area contributed by atoms with Crippen LogP contribution < -0.4 is 10.1 Å². The summed E-state index contributed by atoms with van der Waals surface area (Å²) in [6.45, 7) is 5.12. The highest BCUT2D eigenvalue weighted by Gasteiger charge is 2.20. The second kappa shape index (κ2) is 7.34. The fourth-order valence-corrected chi connectivity index (χ4v) is 2.52. The first-order valence-electron chi connectivity index (χ1n) is 7.31. The van der Waals surface area contributed by atoms with Crippen LogP contribution in [-0.2, 0) is 0 Å². The Morgan fingerprint density at radius 3 is 3.11 bits per heavy atom. The van der Waals surface area contributed by atoms with Gasteiger partial charge in [-0.2, -0.15) is 0 Å². The van der Waals surface area contributed by atoms with Crippen molar-refractivity contribution in [2.45, 2.75) is 38.6 Å². The summed E-state index contributed by atoms with van der Waals surface area (Å²) in [4.78, 5) is 6.64. The van der Waals surface area contributed by atoms with Crippen LogP contribution in [0.15, 0.2) is 18.5 Å². The maximum atomic E-state index is 5.81. The molecule has 1 aromatic heterocycles. The third-order valence-electron chi connectivity index (χ3n) is 3.68. The molecular formula is C15H25N3O. The monoisotopic (exact) mass is 263 g/mol. The summed E-state index contributed by atoms with van der Waals surface area (Å²) in [5.41, 5.74) is 1.04. The number of anilines is 1. The fraction of sp³-hybridized carbons (Fsp3) is 0.667. The maximum Gasteiger partial charge on any atom is 0.139 e. The number of nitrogens with zero attached hydrogens (tertiary/aromatic N) is 2. The van der Waals surface area contributed by atoms with Crippen LogP contribution >= 0.6 is 0 Å². The van der Waals surface area contributed by atoms with Gasteiger partial charge in [-0.1, -0.05) is 6.92 Å². The Kier molecular flexibility index (Phi) is 5.45. The van der Waals surface area contributed by atoms with Gasteiger partial charge in [-0.05, 0) is 39.3 Å². The molecule has 19 heavy (non-hydrogen) atoms. The van der Waals surface area contributed by atoms with Gasteiger partial charge in [-0.3, -0.25) is 4.98 Å². The second-order valence-electron chi connectivity index (χ2n) is 5.25. The van der Waals surface area contributed by atoms with Gasteiger partial charge in [0.15, 0.2) is 0 Å². The molecule has 1 aliphatic heterocycles. The standard InChI is InChI=1S/C15H25N3O/c1-3-7-17-13-10-15(12-16-11-13)19-9-6-14-5-4-8-18(14)2/h10-12,14,17H,3-9H2,1-2H3. The number of hydrogen-bond acceptors (Lipinski definition) is 4. The topological polar surface area (TPSA) is 37.4 Å². The van der Waals surface area contributed by atoms with E-state index in [1.807, 2.05) is 12.3 Å².